The van der Waals surface area contributed by atoms with Crippen LogP contribution < -0.4 is 5.32 Å². The lowest BCUT2D eigenvalue weighted by Crippen LogP contribution is -2.42. The Morgan fingerprint density at radius 1 is 1.32 bits per heavy atom. The van der Waals surface area contributed by atoms with Gasteiger partial charge in [0.2, 0.25) is 0 Å². The van der Waals surface area contributed by atoms with Crippen LogP contribution in [0.4, 0.5) is 0 Å². The lowest BCUT2D eigenvalue weighted by Gasteiger charge is -2.26. The molecule has 1 aromatic heterocycles. The average Bonchev–Trinajstić information content (AvgIpc) is 2.58. The number of carbonyl (C=O) groups is 1. The lowest BCUT2D eigenvalue weighted by molar-refractivity contribution is 0.0246. The molecule has 1 fully saturated rings. The highest BCUT2D eigenvalue weighted by Gasteiger charge is 2.28. The van der Waals surface area contributed by atoms with Gasteiger partial charge in [-0.3, -0.25) is 4.79 Å². The first-order chi connectivity index (χ1) is 9.00. The topological polar surface area (TPSA) is 49.3 Å². The second-order valence-electron chi connectivity index (χ2n) is 5.06. The van der Waals surface area contributed by atoms with Crippen LogP contribution in [0.3, 0.4) is 0 Å². The molecule has 0 spiro atoms. The minimum Gasteiger partial charge on any atom is -0.388 e. The zero-order valence-electron chi connectivity index (χ0n) is 10.5. The van der Waals surface area contributed by atoms with E-state index in [-0.39, 0.29) is 12.5 Å². The first-order valence-corrected chi connectivity index (χ1v) is 8.03. The molecule has 0 aliphatic heterocycles. The van der Waals surface area contributed by atoms with E-state index < -0.39 is 5.60 Å². The van der Waals surface area contributed by atoms with Gasteiger partial charge in [-0.2, -0.15) is 0 Å². The van der Waals surface area contributed by atoms with E-state index in [2.05, 4.69) is 5.32 Å². The van der Waals surface area contributed by atoms with Gasteiger partial charge in [-0.15, -0.1) is 11.3 Å². The summed E-state index contributed by atoms with van der Waals surface area (Å²) in [6.45, 7) is 0.273. The van der Waals surface area contributed by atoms with E-state index in [0.29, 0.717) is 14.2 Å². The number of amides is 1. The summed E-state index contributed by atoms with van der Waals surface area (Å²) < 4.78 is 0.874. The van der Waals surface area contributed by atoms with Crippen LogP contribution in [0.2, 0.25) is 8.67 Å². The SMILES string of the molecule is O=C(NCC1(O)CCCCCC1)c1cc(Cl)sc1Cl. The van der Waals surface area contributed by atoms with Gasteiger partial charge < -0.3 is 10.4 Å². The number of hydrogen-bond donors (Lipinski definition) is 2. The van der Waals surface area contributed by atoms with Crippen LogP contribution in [0.5, 0.6) is 0 Å². The van der Waals surface area contributed by atoms with Crippen molar-refractivity contribution in [2.45, 2.75) is 44.1 Å². The summed E-state index contributed by atoms with van der Waals surface area (Å²) in [6.07, 6.45) is 5.82. The molecule has 19 heavy (non-hydrogen) atoms. The molecule has 0 radical (unpaired) electrons. The second kappa shape index (κ2) is 6.44. The highest BCUT2D eigenvalue weighted by molar-refractivity contribution is 7.20. The maximum atomic E-state index is 12.0. The van der Waals surface area contributed by atoms with Crippen molar-refractivity contribution in [1.82, 2.24) is 5.32 Å². The smallest absolute Gasteiger partial charge is 0.253 e. The van der Waals surface area contributed by atoms with Crippen molar-refractivity contribution in [2.75, 3.05) is 6.54 Å². The fourth-order valence-corrected chi connectivity index (χ4v) is 3.86. The van der Waals surface area contributed by atoms with Crippen LogP contribution >= 0.6 is 34.5 Å². The monoisotopic (exact) mass is 321 g/mol. The number of nitrogens with one attached hydrogen (secondary N) is 1. The minimum atomic E-state index is -0.779. The fraction of sp³-hybridized carbons (Fsp3) is 0.615. The minimum absolute atomic E-state index is 0.272. The van der Waals surface area contributed by atoms with Crippen LogP contribution in [-0.2, 0) is 0 Å². The quantitative estimate of drug-likeness (QED) is 0.830. The molecule has 1 saturated carbocycles. The summed E-state index contributed by atoms with van der Waals surface area (Å²) in [5.41, 5.74) is -0.396. The molecule has 3 nitrogen and oxygen atoms in total. The van der Waals surface area contributed by atoms with Crippen molar-refractivity contribution in [3.8, 4) is 0 Å². The number of hydrogen-bond acceptors (Lipinski definition) is 3. The van der Waals surface area contributed by atoms with Gasteiger partial charge in [0.05, 0.1) is 15.5 Å². The molecular weight excluding hydrogens is 305 g/mol. The molecule has 1 aliphatic carbocycles. The number of aliphatic hydroxyl groups is 1. The molecule has 2 N–H and O–H groups in total. The van der Waals surface area contributed by atoms with Gasteiger partial charge in [0.1, 0.15) is 4.34 Å². The first kappa shape index (κ1) is 15.1. The zero-order chi connectivity index (χ0) is 13.9. The highest BCUT2D eigenvalue weighted by Crippen LogP contribution is 2.31. The average molecular weight is 322 g/mol. The molecule has 1 amide bonds. The van der Waals surface area contributed by atoms with Crippen molar-refractivity contribution in [2.24, 2.45) is 0 Å². The molecule has 2 rings (SSSR count). The molecule has 6 heteroatoms. The van der Waals surface area contributed by atoms with Gasteiger partial charge in [-0.25, -0.2) is 0 Å². The van der Waals surface area contributed by atoms with E-state index in [1.54, 1.807) is 6.07 Å². The van der Waals surface area contributed by atoms with Crippen molar-refractivity contribution in [3.63, 3.8) is 0 Å². The summed E-state index contributed by atoms with van der Waals surface area (Å²) >= 11 is 12.9. The Morgan fingerprint density at radius 2 is 1.95 bits per heavy atom. The molecule has 106 valence electrons. The zero-order valence-corrected chi connectivity index (χ0v) is 12.9. The predicted molar refractivity (Wildman–Crippen MR) is 79.3 cm³/mol. The Kier molecular flexibility index (Phi) is 5.12. The summed E-state index contributed by atoms with van der Waals surface area (Å²) in [7, 11) is 0. The van der Waals surface area contributed by atoms with Crippen molar-refractivity contribution < 1.29 is 9.90 Å². The van der Waals surface area contributed by atoms with E-state index in [1.807, 2.05) is 0 Å². The Morgan fingerprint density at radius 3 is 2.47 bits per heavy atom. The maximum absolute atomic E-state index is 12.0. The van der Waals surface area contributed by atoms with Crippen molar-refractivity contribution in [3.05, 3.63) is 20.3 Å². The maximum Gasteiger partial charge on any atom is 0.253 e. The van der Waals surface area contributed by atoms with Gasteiger partial charge in [0.15, 0.2) is 0 Å². The molecule has 0 bridgehead atoms. The second-order valence-corrected chi connectivity index (χ2v) is 7.34. The van der Waals surface area contributed by atoms with Gasteiger partial charge in [0, 0.05) is 6.54 Å². The van der Waals surface area contributed by atoms with Gasteiger partial charge in [-0.1, -0.05) is 48.9 Å². The first-order valence-electron chi connectivity index (χ1n) is 6.46. The van der Waals surface area contributed by atoms with E-state index in [4.69, 9.17) is 23.2 Å². The molecular formula is C13H17Cl2NO2S. The number of rotatable bonds is 3. The molecule has 1 aromatic rings. The number of carbonyl (C=O) groups excluding carboxylic acids is 1. The van der Waals surface area contributed by atoms with Crippen molar-refractivity contribution >= 4 is 40.4 Å². The predicted octanol–water partition coefficient (Wildman–Crippen LogP) is 3.87. The Labute approximate surface area is 126 Å². The van der Waals surface area contributed by atoms with E-state index >= 15 is 0 Å². The Balaban J connectivity index is 1.94. The summed E-state index contributed by atoms with van der Waals surface area (Å²) in [5, 5.41) is 13.2. The van der Waals surface area contributed by atoms with Gasteiger partial charge in [-0.05, 0) is 18.9 Å². The summed E-state index contributed by atoms with van der Waals surface area (Å²) in [6, 6.07) is 1.56. The van der Waals surface area contributed by atoms with Crippen LogP contribution in [0, 0.1) is 0 Å². The molecule has 0 saturated heterocycles. The Bertz CT molecular complexity index is 453. The molecule has 1 heterocycles. The van der Waals surface area contributed by atoms with E-state index in [0.717, 1.165) is 38.5 Å². The standard InChI is InChI=1S/C13H17Cl2NO2S/c14-10-7-9(11(15)19-10)12(17)16-8-13(18)5-3-1-2-4-6-13/h7,18H,1-6,8H2,(H,16,17). The van der Waals surface area contributed by atoms with Gasteiger partial charge in [0.25, 0.3) is 5.91 Å². The van der Waals surface area contributed by atoms with E-state index in [1.165, 1.54) is 11.3 Å². The molecule has 0 atom stereocenters. The normalized spacial score (nSPS) is 18.9. The van der Waals surface area contributed by atoms with Crippen LogP contribution in [-0.4, -0.2) is 23.2 Å². The van der Waals surface area contributed by atoms with Gasteiger partial charge >= 0.3 is 0 Å². The number of thiophene rings is 1. The van der Waals surface area contributed by atoms with Crippen LogP contribution in [0.25, 0.3) is 0 Å². The molecule has 0 aromatic carbocycles. The van der Waals surface area contributed by atoms with Crippen LogP contribution in [0.1, 0.15) is 48.9 Å². The summed E-state index contributed by atoms with van der Waals surface area (Å²) in [5.74, 6) is -0.272. The van der Waals surface area contributed by atoms with Crippen LogP contribution in [0.15, 0.2) is 6.07 Å². The molecule has 0 unspecified atom stereocenters. The Hall–Kier alpha value is -0.290. The fourth-order valence-electron chi connectivity index (χ4n) is 2.40. The third-order valence-corrected chi connectivity index (χ3v) is 5.00. The van der Waals surface area contributed by atoms with E-state index in [9.17, 15) is 9.90 Å². The largest absolute Gasteiger partial charge is 0.388 e. The van der Waals surface area contributed by atoms with Crippen molar-refractivity contribution in [1.29, 1.82) is 0 Å². The lowest BCUT2D eigenvalue weighted by atomic mass is 9.94. The summed E-state index contributed by atoms with van der Waals surface area (Å²) in [4.78, 5) is 12.0. The third kappa shape index (κ3) is 4.09. The third-order valence-electron chi connectivity index (χ3n) is 3.51. The highest BCUT2D eigenvalue weighted by atomic mass is 35.5. The number of halogens is 2. The molecule has 1 aliphatic rings.